The Bertz CT molecular complexity index is 314. The van der Waals surface area contributed by atoms with E-state index in [2.05, 4.69) is 4.90 Å². The molecule has 17 heavy (non-hydrogen) atoms. The van der Waals surface area contributed by atoms with Crippen LogP contribution in [0.2, 0.25) is 0 Å². The number of rotatable bonds is 4. The molecule has 2 aliphatic heterocycles. The van der Waals surface area contributed by atoms with Gasteiger partial charge >= 0.3 is 0 Å². The van der Waals surface area contributed by atoms with E-state index in [1.165, 1.54) is 4.90 Å². The first-order chi connectivity index (χ1) is 8.20. The molecule has 5 nitrogen and oxygen atoms in total. The maximum atomic E-state index is 11.4. The lowest BCUT2D eigenvalue weighted by Gasteiger charge is -2.31. The van der Waals surface area contributed by atoms with Crippen LogP contribution in [0.25, 0.3) is 0 Å². The number of imide groups is 1. The molecule has 0 aromatic rings. The van der Waals surface area contributed by atoms with Crippen LogP contribution in [0.15, 0.2) is 0 Å². The lowest BCUT2D eigenvalue weighted by Crippen LogP contribution is -2.42. The van der Waals surface area contributed by atoms with Gasteiger partial charge in [0.2, 0.25) is 11.8 Å². The molecule has 2 saturated heterocycles. The van der Waals surface area contributed by atoms with Crippen molar-refractivity contribution in [3.8, 4) is 0 Å². The minimum Gasteiger partial charge on any atom is -0.303 e. The lowest BCUT2D eigenvalue weighted by molar-refractivity contribution is -0.138. The monoisotopic (exact) mass is 238 g/mol. The Hall–Kier alpha value is -1.23. The Morgan fingerprint density at radius 2 is 1.88 bits per heavy atom. The zero-order chi connectivity index (χ0) is 12.3. The molecule has 0 bridgehead atoms. The molecule has 5 heteroatoms. The largest absolute Gasteiger partial charge is 0.303 e. The van der Waals surface area contributed by atoms with Crippen LogP contribution < -0.4 is 0 Å². The van der Waals surface area contributed by atoms with E-state index in [9.17, 15) is 14.4 Å². The van der Waals surface area contributed by atoms with E-state index < -0.39 is 0 Å². The number of piperidine rings is 1. The highest BCUT2D eigenvalue weighted by molar-refractivity contribution is 6.01. The van der Waals surface area contributed by atoms with E-state index in [4.69, 9.17) is 0 Å². The number of nitrogens with zero attached hydrogens (tertiary/aromatic N) is 2. The molecule has 2 rings (SSSR count). The summed E-state index contributed by atoms with van der Waals surface area (Å²) in [6, 6.07) is 0. The smallest absolute Gasteiger partial charge is 0.229 e. The second kappa shape index (κ2) is 5.40. The standard InChI is InChI=1S/C12H18N2O3/c15-9-10-2-1-5-13(8-10)6-7-14-11(16)3-4-12(14)17/h9-10H,1-8H2. The van der Waals surface area contributed by atoms with Crippen LogP contribution in [-0.4, -0.2) is 54.1 Å². The van der Waals surface area contributed by atoms with Gasteiger partial charge in [0.1, 0.15) is 6.29 Å². The predicted molar refractivity (Wildman–Crippen MR) is 61.2 cm³/mol. The van der Waals surface area contributed by atoms with Crippen molar-refractivity contribution in [1.82, 2.24) is 9.80 Å². The van der Waals surface area contributed by atoms with Gasteiger partial charge in [0.05, 0.1) is 0 Å². The Kier molecular flexibility index (Phi) is 3.89. The average molecular weight is 238 g/mol. The number of hydrogen-bond donors (Lipinski definition) is 0. The first-order valence-electron chi connectivity index (χ1n) is 6.21. The summed E-state index contributed by atoms with van der Waals surface area (Å²) in [6.07, 6.45) is 3.71. The molecular formula is C12H18N2O3. The zero-order valence-electron chi connectivity index (χ0n) is 9.93. The quantitative estimate of drug-likeness (QED) is 0.513. The third-order valence-corrected chi connectivity index (χ3v) is 3.53. The van der Waals surface area contributed by atoms with Crippen LogP contribution >= 0.6 is 0 Å². The van der Waals surface area contributed by atoms with Gasteiger partial charge in [-0.3, -0.25) is 14.5 Å². The fourth-order valence-corrected chi connectivity index (χ4v) is 2.52. The van der Waals surface area contributed by atoms with Crippen LogP contribution in [0.5, 0.6) is 0 Å². The Labute approximate surface area is 101 Å². The SMILES string of the molecule is O=CC1CCCN(CCN2C(=O)CCC2=O)C1. The number of carbonyl (C=O) groups is 3. The van der Waals surface area contributed by atoms with E-state index in [1.54, 1.807) is 0 Å². The van der Waals surface area contributed by atoms with Gasteiger partial charge in [-0.05, 0) is 19.4 Å². The van der Waals surface area contributed by atoms with Crippen molar-refractivity contribution in [3.05, 3.63) is 0 Å². The molecule has 2 fully saturated rings. The van der Waals surface area contributed by atoms with Gasteiger partial charge in [-0.15, -0.1) is 0 Å². The molecular weight excluding hydrogens is 220 g/mol. The van der Waals surface area contributed by atoms with Crippen LogP contribution in [-0.2, 0) is 14.4 Å². The highest BCUT2D eigenvalue weighted by atomic mass is 16.2. The van der Waals surface area contributed by atoms with E-state index >= 15 is 0 Å². The van der Waals surface area contributed by atoms with Crippen molar-refractivity contribution in [1.29, 1.82) is 0 Å². The lowest BCUT2D eigenvalue weighted by atomic mass is 10.00. The van der Waals surface area contributed by atoms with Crippen molar-refractivity contribution in [2.24, 2.45) is 5.92 Å². The van der Waals surface area contributed by atoms with E-state index in [1.807, 2.05) is 0 Å². The van der Waals surface area contributed by atoms with Gasteiger partial charge in [0.15, 0.2) is 0 Å². The summed E-state index contributed by atoms with van der Waals surface area (Å²) in [5, 5.41) is 0. The van der Waals surface area contributed by atoms with E-state index in [0.29, 0.717) is 25.9 Å². The molecule has 2 heterocycles. The van der Waals surface area contributed by atoms with Gasteiger partial charge in [0.25, 0.3) is 0 Å². The van der Waals surface area contributed by atoms with Crippen molar-refractivity contribution in [2.45, 2.75) is 25.7 Å². The molecule has 0 saturated carbocycles. The van der Waals surface area contributed by atoms with Gasteiger partial charge in [-0.2, -0.15) is 0 Å². The molecule has 0 aromatic heterocycles. The normalized spacial score (nSPS) is 26.6. The number of carbonyl (C=O) groups excluding carboxylic acids is 3. The fraction of sp³-hybridized carbons (Fsp3) is 0.750. The number of hydrogen-bond acceptors (Lipinski definition) is 4. The third-order valence-electron chi connectivity index (χ3n) is 3.53. The summed E-state index contributed by atoms with van der Waals surface area (Å²) in [5.41, 5.74) is 0. The molecule has 2 aliphatic rings. The van der Waals surface area contributed by atoms with Gasteiger partial charge in [-0.1, -0.05) is 0 Å². The highest BCUT2D eigenvalue weighted by Gasteiger charge is 2.29. The Morgan fingerprint density at radius 1 is 1.18 bits per heavy atom. The van der Waals surface area contributed by atoms with Crippen LogP contribution in [0.3, 0.4) is 0 Å². The zero-order valence-corrected chi connectivity index (χ0v) is 9.93. The van der Waals surface area contributed by atoms with Gasteiger partial charge in [0, 0.05) is 38.4 Å². The number of amides is 2. The molecule has 0 spiro atoms. The molecule has 94 valence electrons. The van der Waals surface area contributed by atoms with Crippen LogP contribution in [0.1, 0.15) is 25.7 Å². The second-order valence-electron chi connectivity index (χ2n) is 4.78. The first-order valence-corrected chi connectivity index (χ1v) is 6.21. The van der Waals surface area contributed by atoms with E-state index in [-0.39, 0.29) is 17.7 Å². The molecule has 0 N–H and O–H groups in total. The van der Waals surface area contributed by atoms with E-state index in [0.717, 1.165) is 32.2 Å². The minimum atomic E-state index is -0.0565. The number of likely N-dealkylation sites (tertiary alicyclic amines) is 2. The first kappa shape index (κ1) is 12.2. The molecule has 0 aromatic carbocycles. The highest BCUT2D eigenvalue weighted by Crippen LogP contribution is 2.15. The summed E-state index contributed by atoms with van der Waals surface area (Å²) in [4.78, 5) is 37.1. The Balaban J connectivity index is 1.79. The molecule has 2 amide bonds. The summed E-state index contributed by atoms with van der Waals surface area (Å²) in [7, 11) is 0. The molecule has 0 radical (unpaired) electrons. The Morgan fingerprint density at radius 3 is 2.53 bits per heavy atom. The van der Waals surface area contributed by atoms with Crippen molar-refractivity contribution < 1.29 is 14.4 Å². The number of aldehydes is 1. The topological polar surface area (TPSA) is 57.7 Å². The van der Waals surface area contributed by atoms with Crippen molar-refractivity contribution in [3.63, 3.8) is 0 Å². The summed E-state index contributed by atoms with van der Waals surface area (Å²) in [6.45, 7) is 2.89. The molecule has 1 atom stereocenters. The third kappa shape index (κ3) is 2.91. The van der Waals surface area contributed by atoms with Crippen molar-refractivity contribution >= 4 is 18.1 Å². The van der Waals surface area contributed by atoms with Gasteiger partial charge < -0.3 is 9.69 Å². The van der Waals surface area contributed by atoms with Gasteiger partial charge in [-0.25, -0.2) is 0 Å². The average Bonchev–Trinajstić information content (AvgIpc) is 2.67. The second-order valence-corrected chi connectivity index (χ2v) is 4.78. The van der Waals surface area contributed by atoms with Crippen molar-refractivity contribution in [2.75, 3.05) is 26.2 Å². The fourth-order valence-electron chi connectivity index (χ4n) is 2.52. The minimum absolute atomic E-state index is 0.0565. The predicted octanol–water partition coefficient (Wildman–Crippen LogP) is 0.0463. The summed E-state index contributed by atoms with van der Waals surface area (Å²) in [5.74, 6) is 0.00613. The summed E-state index contributed by atoms with van der Waals surface area (Å²) >= 11 is 0. The maximum absolute atomic E-state index is 11.4. The van der Waals surface area contributed by atoms with Crippen LogP contribution in [0, 0.1) is 5.92 Å². The maximum Gasteiger partial charge on any atom is 0.229 e. The van der Waals surface area contributed by atoms with Crippen LogP contribution in [0.4, 0.5) is 0 Å². The molecule has 1 unspecified atom stereocenters. The molecule has 0 aliphatic carbocycles. The summed E-state index contributed by atoms with van der Waals surface area (Å²) < 4.78 is 0.